The summed E-state index contributed by atoms with van der Waals surface area (Å²) in [5.74, 6) is 1.90. The molecule has 0 fully saturated rings. The number of fused-ring (bicyclic) bond motifs is 1. The highest BCUT2D eigenvalue weighted by atomic mass is 16.5. The van der Waals surface area contributed by atoms with Crippen molar-refractivity contribution in [2.24, 2.45) is 4.99 Å². The van der Waals surface area contributed by atoms with E-state index in [-0.39, 0.29) is 5.54 Å². The standard InChI is InChI=1S/C18H30N4O/c1-18(2,22(4)5)13-21-17(19-3)20-10-8-14-6-7-16-15(12-14)9-11-23-16/h6-7,12H,8-11,13H2,1-5H3,(H2,19,20,21). The zero-order chi connectivity index (χ0) is 16.9. The summed E-state index contributed by atoms with van der Waals surface area (Å²) in [5, 5.41) is 6.78. The molecule has 0 spiro atoms. The number of benzene rings is 1. The Morgan fingerprint density at radius 2 is 2.09 bits per heavy atom. The molecule has 1 aromatic carbocycles. The van der Waals surface area contributed by atoms with Crippen LogP contribution in [0.25, 0.3) is 0 Å². The normalized spacial score (nSPS) is 14.6. The maximum absolute atomic E-state index is 5.55. The fraction of sp³-hybridized carbons (Fsp3) is 0.611. The Morgan fingerprint density at radius 3 is 2.78 bits per heavy atom. The van der Waals surface area contributed by atoms with Crippen LogP contribution in [-0.2, 0) is 12.8 Å². The van der Waals surface area contributed by atoms with E-state index in [9.17, 15) is 0 Å². The predicted octanol–water partition coefficient (Wildman–Crippen LogP) is 1.67. The van der Waals surface area contributed by atoms with Crippen molar-refractivity contribution >= 4 is 5.96 Å². The Morgan fingerprint density at radius 1 is 1.30 bits per heavy atom. The SMILES string of the molecule is CN=C(NCCc1ccc2c(c1)CCO2)NCC(C)(C)N(C)C. The zero-order valence-electron chi connectivity index (χ0n) is 15.1. The van der Waals surface area contributed by atoms with Crippen LogP contribution in [0.1, 0.15) is 25.0 Å². The van der Waals surface area contributed by atoms with Gasteiger partial charge >= 0.3 is 0 Å². The molecule has 2 N–H and O–H groups in total. The van der Waals surface area contributed by atoms with Gasteiger partial charge in [-0.15, -0.1) is 0 Å². The van der Waals surface area contributed by atoms with Gasteiger partial charge in [0.15, 0.2) is 5.96 Å². The van der Waals surface area contributed by atoms with Gasteiger partial charge in [-0.1, -0.05) is 12.1 Å². The van der Waals surface area contributed by atoms with Gasteiger partial charge in [-0.25, -0.2) is 0 Å². The van der Waals surface area contributed by atoms with Gasteiger partial charge < -0.3 is 20.3 Å². The molecule has 0 saturated heterocycles. The number of nitrogens with zero attached hydrogens (tertiary/aromatic N) is 2. The van der Waals surface area contributed by atoms with E-state index in [0.29, 0.717) is 0 Å². The number of ether oxygens (including phenoxy) is 1. The van der Waals surface area contributed by atoms with Crippen LogP contribution in [0, 0.1) is 0 Å². The summed E-state index contributed by atoms with van der Waals surface area (Å²) in [5.41, 5.74) is 2.75. The highest BCUT2D eigenvalue weighted by molar-refractivity contribution is 5.79. The second kappa shape index (κ2) is 7.68. The van der Waals surface area contributed by atoms with Gasteiger partial charge in [0.25, 0.3) is 0 Å². The molecular weight excluding hydrogens is 288 g/mol. The van der Waals surface area contributed by atoms with Gasteiger partial charge in [0.2, 0.25) is 0 Å². The maximum atomic E-state index is 5.55. The summed E-state index contributed by atoms with van der Waals surface area (Å²) in [4.78, 5) is 6.50. The van der Waals surface area contributed by atoms with Gasteiger partial charge in [-0.2, -0.15) is 0 Å². The lowest BCUT2D eigenvalue weighted by Gasteiger charge is -2.33. The lowest BCUT2D eigenvalue weighted by Crippen LogP contribution is -2.51. The molecule has 0 unspecified atom stereocenters. The van der Waals surface area contributed by atoms with Crippen LogP contribution < -0.4 is 15.4 Å². The quantitative estimate of drug-likeness (QED) is 0.619. The van der Waals surface area contributed by atoms with Gasteiger partial charge in [0.05, 0.1) is 6.61 Å². The molecule has 0 radical (unpaired) electrons. The number of hydrogen-bond acceptors (Lipinski definition) is 3. The minimum absolute atomic E-state index is 0.0810. The Kier molecular flexibility index (Phi) is 5.88. The molecule has 1 aliphatic rings. The number of rotatable bonds is 6. The first-order valence-corrected chi connectivity index (χ1v) is 8.29. The predicted molar refractivity (Wildman–Crippen MR) is 96.5 cm³/mol. The van der Waals surface area contributed by atoms with Crippen molar-refractivity contribution < 1.29 is 4.74 Å². The van der Waals surface area contributed by atoms with Crippen LogP contribution in [0.4, 0.5) is 0 Å². The summed E-state index contributed by atoms with van der Waals surface area (Å²) in [6, 6.07) is 6.50. The van der Waals surface area contributed by atoms with Crippen LogP contribution in [0.2, 0.25) is 0 Å². The highest BCUT2D eigenvalue weighted by Gasteiger charge is 2.20. The van der Waals surface area contributed by atoms with Crippen LogP contribution >= 0.6 is 0 Å². The molecule has 2 rings (SSSR count). The van der Waals surface area contributed by atoms with E-state index in [1.807, 2.05) is 7.05 Å². The van der Waals surface area contributed by atoms with Crippen molar-refractivity contribution in [3.8, 4) is 5.75 Å². The van der Waals surface area contributed by atoms with E-state index < -0.39 is 0 Å². The molecule has 5 nitrogen and oxygen atoms in total. The molecule has 0 bridgehead atoms. The van der Waals surface area contributed by atoms with Crippen molar-refractivity contribution in [1.82, 2.24) is 15.5 Å². The molecule has 0 aromatic heterocycles. The van der Waals surface area contributed by atoms with Crippen molar-refractivity contribution in [2.45, 2.75) is 32.2 Å². The number of hydrogen-bond donors (Lipinski definition) is 2. The summed E-state index contributed by atoms with van der Waals surface area (Å²) in [6.07, 6.45) is 2.00. The fourth-order valence-corrected chi connectivity index (χ4v) is 2.40. The molecule has 0 amide bonds. The van der Waals surface area contributed by atoms with Crippen LogP contribution in [0.3, 0.4) is 0 Å². The second-order valence-electron chi connectivity index (χ2n) is 6.85. The number of likely N-dealkylation sites (N-methyl/N-ethyl adjacent to an activating group) is 1. The van der Waals surface area contributed by atoms with Crippen molar-refractivity contribution in [1.29, 1.82) is 0 Å². The molecular formula is C18H30N4O. The zero-order valence-corrected chi connectivity index (χ0v) is 15.1. The summed E-state index contributed by atoms with van der Waals surface area (Å²) in [7, 11) is 6.00. The third kappa shape index (κ3) is 4.86. The number of nitrogens with one attached hydrogen (secondary N) is 2. The largest absolute Gasteiger partial charge is 0.493 e. The summed E-state index contributed by atoms with van der Waals surface area (Å²) < 4.78 is 5.55. The summed E-state index contributed by atoms with van der Waals surface area (Å²) in [6.45, 7) is 6.94. The lowest BCUT2D eigenvalue weighted by atomic mass is 10.0. The highest BCUT2D eigenvalue weighted by Crippen LogP contribution is 2.25. The first-order valence-electron chi connectivity index (χ1n) is 8.29. The van der Waals surface area contributed by atoms with Crippen molar-refractivity contribution in [3.05, 3.63) is 29.3 Å². The van der Waals surface area contributed by atoms with E-state index in [0.717, 1.165) is 44.2 Å². The lowest BCUT2D eigenvalue weighted by molar-refractivity contribution is 0.197. The Bertz CT molecular complexity index is 552. The molecule has 0 atom stereocenters. The average molecular weight is 318 g/mol. The molecule has 23 heavy (non-hydrogen) atoms. The van der Waals surface area contributed by atoms with E-state index in [4.69, 9.17) is 4.74 Å². The minimum Gasteiger partial charge on any atom is -0.493 e. The smallest absolute Gasteiger partial charge is 0.191 e. The number of aliphatic imine (C=N–C) groups is 1. The van der Waals surface area contributed by atoms with Crippen molar-refractivity contribution in [2.75, 3.05) is 40.8 Å². The van der Waals surface area contributed by atoms with Crippen LogP contribution in [0.5, 0.6) is 5.75 Å². The Labute approximate surface area is 140 Å². The van der Waals surface area contributed by atoms with Gasteiger partial charge in [0.1, 0.15) is 5.75 Å². The first-order chi connectivity index (χ1) is 10.9. The van der Waals surface area contributed by atoms with Crippen LogP contribution in [-0.4, -0.2) is 57.2 Å². The van der Waals surface area contributed by atoms with Crippen molar-refractivity contribution in [3.63, 3.8) is 0 Å². The molecule has 0 saturated carbocycles. The molecule has 5 heteroatoms. The minimum atomic E-state index is 0.0810. The number of guanidine groups is 1. The maximum Gasteiger partial charge on any atom is 0.191 e. The monoisotopic (exact) mass is 318 g/mol. The Hall–Kier alpha value is -1.75. The fourth-order valence-electron chi connectivity index (χ4n) is 2.40. The van der Waals surface area contributed by atoms with Gasteiger partial charge in [-0.3, -0.25) is 4.99 Å². The van der Waals surface area contributed by atoms with Gasteiger partial charge in [-0.05, 0) is 51.6 Å². The second-order valence-corrected chi connectivity index (χ2v) is 6.85. The van der Waals surface area contributed by atoms with E-state index in [1.165, 1.54) is 11.1 Å². The Balaban J connectivity index is 1.78. The topological polar surface area (TPSA) is 48.9 Å². The molecule has 1 aliphatic heterocycles. The van der Waals surface area contributed by atoms with E-state index in [2.05, 4.69) is 66.7 Å². The molecule has 1 aromatic rings. The first kappa shape index (κ1) is 17.6. The molecule has 0 aliphatic carbocycles. The molecule has 1 heterocycles. The van der Waals surface area contributed by atoms with Crippen LogP contribution in [0.15, 0.2) is 23.2 Å². The third-order valence-corrected chi connectivity index (χ3v) is 4.58. The average Bonchev–Trinajstić information content (AvgIpc) is 2.98. The van der Waals surface area contributed by atoms with Gasteiger partial charge in [0, 0.05) is 32.1 Å². The van der Waals surface area contributed by atoms with E-state index >= 15 is 0 Å². The summed E-state index contributed by atoms with van der Waals surface area (Å²) >= 11 is 0. The molecule has 128 valence electrons. The van der Waals surface area contributed by atoms with E-state index in [1.54, 1.807) is 0 Å². The third-order valence-electron chi connectivity index (χ3n) is 4.58.